The number of nitrogens with zero attached hydrogens (tertiary/aromatic N) is 1. The number of phenolic OH excluding ortho intramolecular Hbond substituents is 2. The lowest BCUT2D eigenvalue weighted by Gasteiger charge is -2.26. The van der Waals surface area contributed by atoms with Gasteiger partial charge in [0.25, 0.3) is 5.91 Å². The third-order valence-electron chi connectivity index (χ3n) is 5.60. The highest BCUT2D eigenvalue weighted by molar-refractivity contribution is 6.34. The van der Waals surface area contributed by atoms with Crippen LogP contribution in [-0.4, -0.2) is 52.8 Å². The maximum absolute atomic E-state index is 12.9. The van der Waals surface area contributed by atoms with Crippen molar-refractivity contribution in [2.75, 3.05) is 19.7 Å². The lowest BCUT2D eigenvalue weighted by Crippen LogP contribution is -2.39. The molecule has 34 heavy (non-hydrogen) atoms. The maximum Gasteiger partial charge on any atom is 0.342 e. The number of hydrogen-bond acceptors (Lipinski definition) is 7. The number of nitrogens with one attached hydrogen (secondary N) is 1. The van der Waals surface area contributed by atoms with Crippen molar-refractivity contribution in [3.05, 3.63) is 52.2 Å². The zero-order chi connectivity index (χ0) is 24.5. The van der Waals surface area contributed by atoms with Crippen molar-refractivity contribution in [3.8, 4) is 11.5 Å². The van der Waals surface area contributed by atoms with Gasteiger partial charge in [0.05, 0.1) is 10.7 Å². The number of carbonyl (C=O) groups excluding carboxylic acids is 2. The van der Waals surface area contributed by atoms with Crippen LogP contribution >= 0.6 is 11.6 Å². The summed E-state index contributed by atoms with van der Waals surface area (Å²) in [5.41, 5.74) is 3.01. The average Bonchev–Trinajstić information content (AvgIpc) is 2.81. The number of carbonyl (C=O) groups is 2. The molecule has 1 atom stereocenters. The molecule has 184 valence electrons. The van der Waals surface area contributed by atoms with Crippen LogP contribution in [0.4, 0.5) is 0 Å². The molecule has 9 heteroatoms. The number of cyclic esters (lactones) is 1. The van der Waals surface area contributed by atoms with E-state index in [9.17, 15) is 19.8 Å². The number of benzene rings is 1. The lowest BCUT2D eigenvalue weighted by atomic mass is 10.0. The summed E-state index contributed by atoms with van der Waals surface area (Å²) < 4.78 is 5.47. The largest absolute Gasteiger partial charge is 0.507 e. The third-order valence-corrected chi connectivity index (χ3v) is 6.00. The van der Waals surface area contributed by atoms with Gasteiger partial charge in [-0.05, 0) is 51.2 Å². The van der Waals surface area contributed by atoms with E-state index >= 15 is 0 Å². The molecule has 0 saturated carbocycles. The number of amides is 1. The van der Waals surface area contributed by atoms with E-state index in [2.05, 4.69) is 5.48 Å². The van der Waals surface area contributed by atoms with Gasteiger partial charge in [0.1, 0.15) is 23.2 Å². The Hall–Kier alpha value is -2.97. The molecular formula is C25H31ClN2O6. The van der Waals surface area contributed by atoms with E-state index in [1.165, 1.54) is 6.08 Å². The molecule has 2 aliphatic heterocycles. The van der Waals surface area contributed by atoms with Gasteiger partial charge in [-0.15, -0.1) is 0 Å². The molecule has 1 saturated heterocycles. The van der Waals surface area contributed by atoms with Crippen LogP contribution in [0.5, 0.6) is 11.5 Å². The Morgan fingerprint density at radius 2 is 1.91 bits per heavy atom. The number of hydroxylamine groups is 1. The minimum atomic E-state index is -0.770. The first-order valence-electron chi connectivity index (χ1n) is 11.5. The summed E-state index contributed by atoms with van der Waals surface area (Å²) in [5, 5.41) is 20.4. The van der Waals surface area contributed by atoms with Gasteiger partial charge >= 0.3 is 5.97 Å². The quantitative estimate of drug-likeness (QED) is 0.324. The Bertz CT molecular complexity index is 982. The number of ether oxygens (including phenoxy) is 1. The summed E-state index contributed by atoms with van der Waals surface area (Å²) in [6.07, 6.45) is 13.8. The number of piperidine rings is 1. The Kier molecular flexibility index (Phi) is 9.42. The fourth-order valence-electron chi connectivity index (χ4n) is 3.78. The van der Waals surface area contributed by atoms with Crippen molar-refractivity contribution in [2.45, 2.75) is 51.6 Å². The Morgan fingerprint density at radius 1 is 1.18 bits per heavy atom. The van der Waals surface area contributed by atoms with E-state index in [1.54, 1.807) is 17.9 Å². The summed E-state index contributed by atoms with van der Waals surface area (Å²) in [7, 11) is 0. The number of fused-ring (bicyclic) bond motifs is 1. The minimum Gasteiger partial charge on any atom is -0.507 e. The predicted molar refractivity (Wildman–Crippen MR) is 129 cm³/mol. The number of phenols is 2. The molecule has 0 spiro atoms. The second kappa shape index (κ2) is 12.5. The standard InChI is InChI=1S/C25H31ClN2O6/c1-17-10-6-3-2-4-7-11-18(27-33-16-22(31)28-12-8-5-9-13-28)14-19-23(25(32)34-17)20(29)15-21(30)24(19)26/h3,6-7,11,14-15,17,27,29-30H,2,4-5,8-10,12-13,16H2,1H3/b6-3?,11-7+,18-14-/t17-/m1/s1. The monoisotopic (exact) mass is 490 g/mol. The van der Waals surface area contributed by atoms with E-state index in [4.69, 9.17) is 21.2 Å². The molecule has 1 fully saturated rings. The molecule has 3 N–H and O–H groups in total. The van der Waals surface area contributed by atoms with Gasteiger partial charge in [0, 0.05) is 31.1 Å². The zero-order valence-electron chi connectivity index (χ0n) is 19.3. The average molecular weight is 491 g/mol. The van der Waals surface area contributed by atoms with Crippen LogP contribution in [0.15, 0.2) is 36.1 Å². The minimum absolute atomic E-state index is 0.0714. The fraction of sp³-hybridized carbons (Fsp3) is 0.440. The summed E-state index contributed by atoms with van der Waals surface area (Å²) in [5.74, 6) is -1.73. The smallest absolute Gasteiger partial charge is 0.342 e. The third kappa shape index (κ3) is 7.01. The number of esters is 1. The van der Waals surface area contributed by atoms with Crippen molar-refractivity contribution < 1.29 is 29.4 Å². The molecule has 0 bridgehead atoms. The number of rotatable bonds is 4. The molecule has 0 radical (unpaired) electrons. The van der Waals surface area contributed by atoms with Crippen LogP contribution < -0.4 is 5.48 Å². The highest BCUT2D eigenvalue weighted by Gasteiger charge is 2.24. The van der Waals surface area contributed by atoms with Crippen LogP contribution in [0.2, 0.25) is 5.02 Å². The molecule has 0 aliphatic carbocycles. The first-order chi connectivity index (χ1) is 16.4. The van der Waals surface area contributed by atoms with E-state index < -0.39 is 17.8 Å². The van der Waals surface area contributed by atoms with Gasteiger partial charge in [0.2, 0.25) is 0 Å². The van der Waals surface area contributed by atoms with Crippen molar-refractivity contribution in [2.24, 2.45) is 0 Å². The van der Waals surface area contributed by atoms with E-state index in [-0.39, 0.29) is 34.4 Å². The highest BCUT2D eigenvalue weighted by atomic mass is 35.5. The molecule has 1 amide bonds. The Labute approximate surface area is 204 Å². The topological polar surface area (TPSA) is 108 Å². The molecule has 8 nitrogen and oxygen atoms in total. The van der Waals surface area contributed by atoms with E-state index in [0.29, 0.717) is 12.1 Å². The predicted octanol–water partition coefficient (Wildman–Crippen LogP) is 4.47. The van der Waals surface area contributed by atoms with Crippen LogP contribution in [0.25, 0.3) is 6.08 Å². The second-order valence-electron chi connectivity index (χ2n) is 8.35. The van der Waals surface area contributed by atoms with E-state index in [0.717, 1.165) is 51.3 Å². The normalized spacial score (nSPS) is 22.1. The van der Waals surface area contributed by atoms with Crippen LogP contribution in [0.1, 0.15) is 61.4 Å². The molecular weight excluding hydrogens is 460 g/mol. The Balaban J connectivity index is 1.88. The number of halogens is 1. The van der Waals surface area contributed by atoms with Gasteiger partial charge in [-0.25, -0.2) is 4.79 Å². The number of allylic oxidation sites excluding steroid dienone is 3. The van der Waals surface area contributed by atoms with Gasteiger partial charge in [0.15, 0.2) is 6.61 Å². The first-order valence-corrected chi connectivity index (χ1v) is 11.9. The van der Waals surface area contributed by atoms with Gasteiger partial charge in [-0.3, -0.25) is 15.1 Å². The van der Waals surface area contributed by atoms with Crippen molar-refractivity contribution >= 4 is 29.6 Å². The lowest BCUT2D eigenvalue weighted by molar-refractivity contribution is -0.139. The molecule has 1 aromatic carbocycles. The van der Waals surface area contributed by atoms with Crippen molar-refractivity contribution in [1.82, 2.24) is 10.4 Å². The summed E-state index contributed by atoms with van der Waals surface area (Å²) >= 11 is 6.31. The first kappa shape index (κ1) is 25.6. The van der Waals surface area contributed by atoms with Gasteiger partial charge < -0.3 is 19.8 Å². The number of likely N-dealkylation sites (tertiary alicyclic amines) is 1. The highest BCUT2D eigenvalue weighted by Crippen LogP contribution is 2.38. The van der Waals surface area contributed by atoms with Gasteiger partial charge in [-0.2, -0.15) is 0 Å². The molecule has 2 heterocycles. The van der Waals surface area contributed by atoms with Crippen LogP contribution in [-0.2, 0) is 14.4 Å². The molecule has 2 aliphatic rings. The fourth-order valence-corrected chi connectivity index (χ4v) is 3.99. The van der Waals surface area contributed by atoms with Crippen LogP contribution in [0, 0.1) is 0 Å². The zero-order valence-corrected chi connectivity index (χ0v) is 20.0. The summed E-state index contributed by atoms with van der Waals surface area (Å²) in [4.78, 5) is 32.5. The van der Waals surface area contributed by atoms with Crippen molar-refractivity contribution in [1.29, 1.82) is 0 Å². The Morgan fingerprint density at radius 3 is 2.68 bits per heavy atom. The molecule has 1 aromatic rings. The van der Waals surface area contributed by atoms with Crippen LogP contribution in [0.3, 0.4) is 0 Å². The maximum atomic E-state index is 12.9. The summed E-state index contributed by atoms with van der Waals surface area (Å²) in [6.45, 7) is 3.03. The van der Waals surface area contributed by atoms with E-state index in [1.807, 2.05) is 18.2 Å². The second-order valence-corrected chi connectivity index (χ2v) is 8.73. The molecule has 0 aromatic heterocycles. The molecule has 0 unspecified atom stereocenters. The molecule has 3 rings (SSSR count). The number of hydrogen-bond donors (Lipinski definition) is 3. The SMILES string of the molecule is C[C@@H]1CC=CCC/C=C/C(NOCC(=O)N2CCCCC2)=C/c2c(Cl)c(O)cc(O)c2C(=O)O1. The summed E-state index contributed by atoms with van der Waals surface area (Å²) in [6, 6.07) is 1.00. The number of aromatic hydroxyl groups is 2. The van der Waals surface area contributed by atoms with Crippen molar-refractivity contribution in [3.63, 3.8) is 0 Å². The van der Waals surface area contributed by atoms with Gasteiger partial charge in [-0.1, -0.05) is 29.8 Å².